The van der Waals surface area contributed by atoms with Crippen molar-refractivity contribution in [2.75, 3.05) is 5.32 Å². The van der Waals surface area contributed by atoms with Crippen LogP contribution in [0, 0.1) is 30.1 Å². The topological polar surface area (TPSA) is 67.2 Å². The highest BCUT2D eigenvalue weighted by atomic mass is 35.5. The molecule has 4 bridgehead atoms. The van der Waals surface area contributed by atoms with Gasteiger partial charge in [-0.2, -0.15) is 0 Å². The number of nitrogens with zero attached hydrogens (tertiary/aromatic N) is 1. The van der Waals surface area contributed by atoms with E-state index in [4.69, 9.17) is 28.2 Å². The molecular weight excluding hydrogens is 466 g/mol. The highest BCUT2D eigenvalue weighted by molar-refractivity contribution is 7.80. The number of aromatic nitrogens is 1. The van der Waals surface area contributed by atoms with E-state index in [1.165, 1.54) is 38.5 Å². The molecule has 7 rings (SSSR count). The van der Waals surface area contributed by atoms with E-state index >= 15 is 0 Å². The highest BCUT2D eigenvalue weighted by Crippen LogP contribution is 2.61. The van der Waals surface area contributed by atoms with Crippen LogP contribution in [0.15, 0.2) is 40.8 Å². The zero-order valence-corrected chi connectivity index (χ0v) is 20.8. The largest absolute Gasteiger partial charge is 0.436 e. The second kappa shape index (κ2) is 8.35. The summed E-state index contributed by atoms with van der Waals surface area (Å²) >= 11 is 11.9. The minimum atomic E-state index is 0.0166. The van der Waals surface area contributed by atoms with Crippen LogP contribution in [0.25, 0.3) is 22.6 Å². The number of fused-ring (bicyclic) bond motifs is 1. The van der Waals surface area contributed by atoms with Crippen LogP contribution >= 0.6 is 23.8 Å². The van der Waals surface area contributed by atoms with Gasteiger partial charge in [-0.05, 0) is 117 Å². The highest BCUT2D eigenvalue weighted by Gasteiger charge is 2.51. The van der Waals surface area contributed by atoms with Crippen molar-refractivity contribution in [3.63, 3.8) is 0 Å². The minimum Gasteiger partial charge on any atom is -0.436 e. The molecule has 0 unspecified atom stereocenters. The van der Waals surface area contributed by atoms with Gasteiger partial charge in [0.25, 0.3) is 0 Å². The summed E-state index contributed by atoms with van der Waals surface area (Å²) in [4.78, 5) is 17.5. The molecule has 5 nitrogen and oxygen atoms in total. The molecule has 4 aliphatic carbocycles. The summed E-state index contributed by atoms with van der Waals surface area (Å²) in [6.45, 7) is 2.02. The first-order valence-corrected chi connectivity index (χ1v) is 12.9. The lowest BCUT2D eigenvalue weighted by atomic mass is 9.49. The number of hydrogen-bond donors (Lipinski definition) is 2. The van der Waals surface area contributed by atoms with E-state index in [9.17, 15) is 4.79 Å². The number of hydrogen-bond acceptors (Lipinski definition) is 4. The number of anilines is 1. The van der Waals surface area contributed by atoms with Gasteiger partial charge >= 0.3 is 0 Å². The fourth-order valence-corrected chi connectivity index (χ4v) is 7.53. The SMILES string of the molecule is Cc1ccc2oc(-c3cc(NC(=S)NC(=O)CC45CC6CC(CC(C6)C4)C5)ccc3Cl)nc2c1. The van der Waals surface area contributed by atoms with Crippen LogP contribution in [0.3, 0.4) is 0 Å². The fourth-order valence-electron chi connectivity index (χ4n) is 7.10. The molecule has 0 spiro atoms. The molecule has 4 saturated carbocycles. The van der Waals surface area contributed by atoms with Crippen LogP contribution < -0.4 is 10.6 Å². The molecule has 2 N–H and O–H groups in total. The zero-order chi connectivity index (χ0) is 23.4. The van der Waals surface area contributed by atoms with Gasteiger partial charge < -0.3 is 15.1 Å². The molecule has 1 heterocycles. The van der Waals surface area contributed by atoms with E-state index in [1.54, 1.807) is 6.07 Å². The van der Waals surface area contributed by atoms with Gasteiger partial charge in [0.2, 0.25) is 11.8 Å². The van der Waals surface area contributed by atoms with E-state index in [0.717, 1.165) is 34.5 Å². The van der Waals surface area contributed by atoms with Crippen LogP contribution in [0.1, 0.15) is 50.5 Å². The van der Waals surface area contributed by atoms with E-state index in [1.807, 2.05) is 37.3 Å². The maximum atomic E-state index is 12.9. The molecule has 4 aliphatic rings. The van der Waals surface area contributed by atoms with Gasteiger partial charge in [0.1, 0.15) is 5.52 Å². The van der Waals surface area contributed by atoms with Crippen molar-refractivity contribution in [3.8, 4) is 11.5 Å². The monoisotopic (exact) mass is 493 g/mol. The third kappa shape index (κ3) is 4.22. The summed E-state index contributed by atoms with van der Waals surface area (Å²) in [5, 5.41) is 6.88. The Hall–Kier alpha value is -2.44. The Morgan fingerprint density at radius 2 is 1.82 bits per heavy atom. The van der Waals surface area contributed by atoms with Gasteiger partial charge in [-0.25, -0.2) is 4.98 Å². The van der Waals surface area contributed by atoms with Crippen molar-refractivity contribution in [2.24, 2.45) is 23.2 Å². The lowest BCUT2D eigenvalue weighted by Gasteiger charge is -2.56. The maximum Gasteiger partial charge on any atom is 0.228 e. The van der Waals surface area contributed by atoms with E-state index < -0.39 is 0 Å². The van der Waals surface area contributed by atoms with Crippen molar-refractivity contribution < 1.29 is 9.21 Å². The molecule has 4 fully saturated rings. The number of aryl methyl sites for hydroxylation is 1. The Bertz CT molecular complexity index is 1260. The molecule has 1 amide bonds. The summed E-state index contributed by atoms with van der Waals surface area (Å²) in [5.41, 5.74) is 4.19. The first-order chi connectivity index (χ1) is 16.3. The lowest BCUT2D eigenvalue weighted by Crippen LogP contribution is -2.48. The standard InChI is InChI=1S/C27H28ClN3O2S/c1-15-2-5-23-22(6-15)30-25(33-23)20-10-19(3-4-21(20)28)29-26(34)31-24(32)14-27-11-16-7-17(12-27)9-18(8-16)13-27/h2-6,10,16-18H,7-9,11-14H2,1H3,(H2,29,31,32,34). The predicted molar refractivity (Wildman–Crippen MR) is 139 cm³/mol. The summed E-state index contributed by atoms with van der Waals surface area (Å²) < 4.78 is 5.92. The molecule has 34 heavy (non-hydrogen) atoms. The quantitative estimate of drug-likeness (QED) is 0.388. The van der Waals surface area contributed by atoms with Gasteiger partial charge in [0, 0.05) is 12.1 Å². The van der Waals surface area contributed by atoms with Crippen LogP contribution in [0.4, 0.5) is 5.69 Å². The third-order valence-electron chi connectivity index (χ3n) is 7.95. The number of carbonyl (C=O) groups is 1. The first kappa shape index (κ1) is 22.1. The van der Waals surface area contributed by atoms with Crippen LogP contribution in [0.5, 0.6) is 0 Å². The molecule has 176 valence electrons. The molecular formula is C27H28ClN3O2S. The normalized spacial score (nSPS) is 27.2. The van der Waals surface area contributed by atoms with Gasteiger partial charge in [0.05, 0.1) is 10.6 Å². The van der Waals surface area contributed by atoms with E-state index in [0.29, 0.717) is 33.6 Å². The van der Waals surface area contributed by atoms with E-state index in [2.05, 4.69) is 15.6 Å². The van der Waals surface area contributed by atoms with Crippen molar-refractivity contribution >= 4 is 51.6 Å². The molecule has 7 heteroatoms. The molecule has 0 saturated heterocycles. The second-order valence-corrected chi connectivity index (χ2v) is 11.6. The second-order valence-electron chi connectivity index (χ2n) is 10.8. The maximum absolute atomic E-state index is 12.9. The van der Waals surface area contributed by atoms with Gasteiger partial charge in [-0.3, -0.25) is 4.79 Å². The summed E-state index contributed by atoms with van der Waals surface area (Å²) in [6.07, 6.45) is 8.32. The number of halogens is 1. The third-order valence-corrected chi connectivity index (χ3v) is 8.48. The number of carbonyl (C=O) groups excluding carboxylic acids is 1. The van der Waals surface area contributed by atoms with Crippen molar-refractivity contribution in [2.45, 2.75) is 51.9 Å². The molecule has 0 atom stereocenters. The number of rotatable bonds is 4. The van der Waals surface area contributed by atoms with Crippen molar-refractivity contribution in [1.82, 2.24) is 10.3 Å². The predicted octanol–water partition coefficient (Wildman–Crippen LogP) is 6.88. The smallest absolute Gasteiger partial charge is 0.228 e. The molecule has 0 radical (unpaired) electrons. The molecule has 3 aromatic rings. The van der Waals surface area contributed by atoms with Crippen LogP contribution in [0.2, 0.25) is 5.02 Å². The number of amides is 1. The van der Waals surface area contributed by atoms with Crippen molar-refractivity contribution in [1.29, 1.82) is 0 Å². The lowest BCUT2D eigenvalue weighted by molar-refractivity contribution is -0.127. The summed E-state index contributed by atoms with van der Waals surface area (Å²) in [5.74, 6) is 2.95. The van der Waals surface area contributed by atoms with E-state index in [-0.39, 0.29) is 11.3 Å². The number of nitrogens with one attached hydrogen (secondary N) is 2. The fraction of sp³-hybridized carbons (Fsp3) is 0.444. The van der Waals surface area contributed by atoms with Crippen molar-refractivity contribution in [3.05, 3.63) is 47.0 Å². The van der Waals surface area contributed by atoms with Gasteiger partial charge in [0.15, 0.2) is 10.7 Å². The Kier molecular flexibility index (Phi) is 5.41. The molecule has 0 aliphatic heterocycles. The van der Waals surface area contributed by atoms with Crippen LogP contribution in [-0.4, -0.2) is 16.0 Å². The van der Waals surface area contributed by atoms with Gasteiger partial charge in [-0.1, -0.05) is 17.7 Å². The first-order valence-electron chi connectivity index (χ1n) is 12.1. The Balaban J connectivity index is 1.13. The Morgan fingerprint density at radius 1 is 1.12 bits per heavy atom. The Morgan fingerprint density at radius 3 is 2.53 bits per heavy atom. The number of thiocarbonyl (C=S) groups is 1. The van der Waals surface area contributed by atoms with Crippen LogP contribution in [-0.2, 0) is 4.79 Å². The average molecular weight is 494 g/mol. The minimum absolute atomic E-state index is 0.0166. The summed E-state index contributed by atoms with van der Waals surface area (Å²) in [6, 6.07) is 11.3. The Labute approximate surface area is 209 Å². The zero-order valence-electron chi connectivity index (χ0n) is 19.2. The number of oxazole rings is 1. The molecule has 2 aromatic carbocycles. The summed E-state index contributed by atoms with van der Waals surface area (Å²) in [7, 11) is 0. The van der Waals surface area contributed by atoms with Gasteiger partial charge in [-0.15, -0.1) is 0 Å². The average Bonchev–Trinajstić information content (AvgIpc) is 3.16. The number of benzene rings is 2. The molecule has 1 aromatic heterocycles.